The van der Waals surface area contributed by atoms with E-state index in [4.69, 9.17) is 4.74 Å². The van der Waals surface area contributed by atoms with E-state index in [0.29, 0.717) is 19.4 Å². The van der Waals surface area contributed by atoms with E-state index in [2.05, 4.69) is 10.6 Å². The second kappa shape index (κ2) is 13.8. The number of rotatable bonds is 13. The van der Waals surface area contributed by atoms with Crippen LogP contribution in [-0.2, 0) is 33.8 Å². The highest BCUT2D eigenvalue weighted by molar-refractivity contribution is 5.89. The normalized spacial score (nSPS) is 12.4. The molecule has 0 aliphatic rings. The van der Waals surface area contributed by atoms with Crippen LogP contribution in [0.15, 0.2) is 84.9 Å². The molecule has 0 fully saturated rings. The number of nitrogens with one attached hydrogen (secondary N) is 2. The number of aldehydes is 1. The van der Waals surface area contributed by atoms with E-state index in [-0.39, 0.29) is 24.2 Å². The third-order valence-corrected chi connectivity index (χ3v) is 5.87. The quantitative estimate of drug-likeness (QED) is 0.354. The first-order valence-corrected chi connectivity index (χ1v) is 12.3. The van der Waals surface area contributed by atoms with Crippen molar-refractivity contribution in [2.24, 2.45) is 5.92 Å². The number of benzene rings is 3. The van der Waals surface area contributed by atoms with Crippen LogP contribution in [0.3, 0.4) is 0 Å². The van der Waals surface area contributed by atoms with Gasteiger partial charge in [-0.3, -0.25) is 9.59 Å². The predicted molar refractivity (Wildman–Crippen MR) is 140 cm³/mol. The lowest BCUT2D eigenvalue weighted by Crippen LogP contribution is -2.52. The second-order valence-corrected chi connectivity index (χ2v) is 9.15. The van der Waals surface area contributed by atoms with Crippen LogP contribution < -0.4 is 15.4 Å². The van der Waals surface area contributed by atoms with Crippen molar-refractivity contribution >= 4 is 18.1 Å². The summed E-state index contributed by atoms with van der Waals surface area (Å²) in [6.45, 7) is 4.23. The van der Waals surface area contributed by atoms with Crippen molar-refractivity contribution in [3.05, 3.63) is 102 Å². The van der Waals surface area contributed by atoms with Crippen molar-refractivity contribution in [2.45, 2.75) is 51.8 Å². The van der Waals surface area contributed by atoms with Gasteiger partial charge in [-0.25, -0.2) is 0 Å². The van der Waals surface area contributed by atoms with Crippen molar-refractivity contribution in [3.8, 4) is 5.75 Å². The second-order valence-electron chi connectivity index (χ2n) is 9.15. The Kier molecular flexibility index (Phi) is 10.2. The molecule has 3 rings (SSSR count). The van der Waals surface area contributed by atoms with Gasteiger partial charge in [-0.05, 0) is 47.6 Å². The Hall–Kier alpha value is -3.93. The number of hydrogen-bond acceptors (Lipinski definition) is 4. The summed E-state index contributed by atoms with van der Waals surface area (Å²) >= 11 is 0. The summed E-state index contributed by atoms with van der Waals surface area (Å²) in [5.74, 6) is 0.0770. The lowest BCUT2D eigenvalue weighted by Gasteiger charge is -2.23. The maximum atomic E-state index is 12.9. The van der Waals surface area contributed by atoms with Crippen molar-refractivity contribution in [1.82, 2.24) is 10.6 Å². The highest BCUT2D eigenvalue weighted by Gasteiger charge is 2.26. The molecule has 3 aromatic rings. The maximum Gasteiger partial charge on any atom is 0.243 e. The van der Waals surface area contributed by atoms with Gasteiger partial charge in [-0.15, -0.1) is 0 Å². The third-order valence-electron chi connectivity index (χ3n) is 5.87. The minimum absolute atomic E-state index is 0.126. The summed E-state index contributed by atoms with van der Waals surface area (Å²) in [6.07, 6.45) is 1.93. The van der Waals surface area contributed by atoms with Crippen LogP contribution in [0.1, 0.15) is 37.0 Å². The standard InChI is InChI=1S/C30H34N2O4/c1-22(2)29(30(35)31-26(20-33)19-24-9-5-3-6-10-24)32-28(34)18-15-23-13-16-27(17-14-23)36-21-25-11-7-4-8-12-25/h3-14,16-17,20,22,26,29H,15,18-19,21H2,1-2H3,(H,31,35)(H,32,34)/t26?,29-/m0/s1. The monoisotopic (exact) mass is 486 g/mol. The molecule has 36 heavy (non-hydrogen) atoms. The van der Waals surface area contributed by atoms with Crippen LogP contribution in [0.5, 0.6) is 5.75 Å². The molecule has 6 heteroatoms. The molecular weight excluding hydrogens is 452 g/mol. The molecule has 0 bridgehead atoms. The van der Waals surface area contributed by atoms with Gasteiger partial charge >= 0.3 is 0 Å². The average Bonchev–Trinajstić information content (AvgIpc) is 2.90. The fourth-order valence-electron chi connectivity index (χ4n) is 3.81. The number of aryl methyl sites for hydroxylation is 1. The SMILES string of the molecule is CC(C)[C@H](NC(=O)CCc1ccc(OCc2ccccc2)cc1)C(=O)NC(C=O)Cc1ccccc1. The highest BCUT2D eigenvalue weighted by Crippen LogP contribution is 2.15. The van der Waals surface area contributed by atoms with Gasteiger partial charge in [0.2, 0.25) is 11.8 Å². The van der Waals surface area contributed by atoms with Gasteiger partial charge < -0.3 is 20.2 Å². The summed E-state index contributed by atoms with van der Waals surface area (Å²) in [4.78, 5) is 37.0. The van der Waals surface area contributed by atoms with E-state index in [0.717, 1.165) is 28.7 Å². The molecule has 0 saturated carbocycles. The summed E-state index contributed by atoms with van der Waals surface area (Å²) < 4.78 is 5.81. The van der Waals surface area contributed by atoms with Gasteiger partial charge in [-0.1, -0.05) is 86.6 Å². The van der Waals surface area contributed by atoms with Crippen LogP contribution in [-0.4, -0.2) is 30.2 Å². The minimum Gasteiger partial charge on any atom is -0.489 e. The van der Waals surface area contributed by atoms with E-state index < -0.39 is 12.1 Å². The molecule has 2 amide bonds. The van der Waals surface area contributed by atoms with Gasteiger partial charge in [0.15, 0.2) is 0 Å². The Morgan fingerprint density at radius 2 is 1.42 bits per heavy atom. The van der Waals surface area contributed by atoms with E-state index in [1.54, 1.807) is 0 Å². The molecule has 0 aliphatic carbocycles. The van der Waals surface area contributed by atoms with Crippen molar-refractivity contribution in [2.75, 3.05) is 0 Å². The topological polar surface area (TPSA) is 84.5 Å². The van der Waals surface area contributed by atoms with E-state index in [1.807, 2.05) is 98.8 Å². The molecule has 0 heterocycles. The van der Waals surface area contributed by atoms with Crippen LogP contribution in [0.4, 0.5) is 0 Å². The van der Waals surface area contributed by atoms with Gasteiger partial charge in [0.25, 0.3) is 0 Å². The maximum absolute atomic E-state index is 12.9. The predicted octanol–water partition coefficient (Wildman–Crippen LogP) is 4.27. The number of carbonyl (C=O) groups excluding carboxylic acids is 3. The molecule has 0 aromatic heterocycles. The number of ether oxygens (including phenoxy) is 1. The molecule has 1 unspecified atom stereocenters. The fourth-order valence-corrected chi connectivity index (χ4v) is 3.81. The van der Waals surface area contributed by atoms with Crippen LogP contribution >= 0.6 is 0 Å². The van der Waals surface area contributed by atoms with Crippen LogP contribution in [0.2, 0.25) is 0 Å². The molecule has 0 radical (unpaired) electrons. The third kappa shape index (κ3) is 8.69. The Bertz CT molecular complexity index is 1100. The lowest BCUT2D eigenvalue weighted by molar-refractivity contribution is -0.131. The van der Waals surface area contributed by atoms with Crippen molar-refractivity contribution in [1.29, 1.82) is 0 Å². The molecule has 0 spiro atoms. The summed E-state index contributed by atoms with van der Waals surface area (Å²) in [5.41, 5.74) is 3.06. The lowest BCUT2D eigenvalue weighted by atomic mass is 10.0. The molecule has 0 saturated heterocycles. The number of hydrogen-bond donors (Lipinski definition) is 2. The van der Waals surface area contributed by atoms with Crippen molar-refractivity contribution in [3.63, 3.8) is 0 Å². The van der Waals surface area contributed by atoms with Crippen LogP contribution in [0.25, 0.3) is 0 Å². The zero-order valence-electron chi connectivity index (χ0n) is 20.9. The van der Waals surface area contributed by atoms with Crippen molar-refractivity contribution < 1.29 is 19.1 Å². The van der Waals surface area contributed by atoms with Gasteiger partial charge in [0, 0.05) is 6.42 Å². The van der Waals surface area contributed by atoms with Gasteiger partial charge in [0.05, 0.1) is 6.04 Å². The molecule has 188 valence electrons. The zero-order valence-corrected chi connectivity index (χ0v) is 20.9. The smallest absolute Gasteiger partial charge is 0.243 e. The first-order chi connectivity index (χ1) is 17.4. The first kappa shape index (κ1) is 26.7. The van der Waals surface area contributed by atoms with Gasteiger partial charge in [0.1, 0.15) is 24.7 Å². The Morgan fingerprint density at radius 1 is 0.806 bits per heavy atom. The summed E-state index contributed by atoms with van der Waals surface area (Å²) in [7, 11) is 0. The molecule has 2 N–H and O–H groups in total. The minimum atomic E-state index is -0.718. The number of carbonyl (C=O) groups is 3. The average molecular weight is 487 g/mol. The molecule has 3 aromatic carbocycles. The highest BCUT2D eigenvalue weighted by atomic mass is 16.5. The molecule has 2 atom stereocenters. The zero-order chi connectivity index (χ0) is 25.8. The Balaban J connectivity index is 1.47. The largest absolute Gasteiger partial charge is 0.489 e. The van der Waals surface area contributed by atoms with E-state index in [1.165, 1.54) is 0 Å². The van der Waals surface area contributed by atoms with Gasteiger partial charge in [-0.2, -0.15) is 0 Å². The fraction of sp³-hybridized carbons (Fsp3) is 0.300. The molecule has 0 aliphatic heterocycles. The van der Waals surface area contributed by atoms with E-state index in [9.17, 15) is 14.4 Å². The van der Waals surface area contributed by atoms with Crippen LogP contribution in [0, 0.1) is 5.92 Å². The van der Waals surface area contributed by atoms with E-state index >= 15 is 0 Å². The summed E-state index contributed by atoms with van der Waals surface area (Å²) in [6, 6.07) is 25.8. The molecular formula is C30H34N2O4. The first-order valence-electron chi connectivity index (χ1n) is 12.3. The summed E-state index contributed by atoms with van der Waals surface area (Å²) in [5, 5.41) is 5.61. The Morgan fingerprint density at radius 3 is 2.00 bits per heavy atom. The Labute approximate surface area is 213 Å². The molecule has 6 nitrogen and oxygen atoms in total. The number of amides is 2.